The van der Waals surface area contributed by atoms with E-state index in [1.807, 2.05) is 20.9 Å². The van der Waals surface area contributed by atoms with Crippen LogP contribution >= 0.6 is 0 Å². The van der Waals surface area contributed by atoms with Crippen molar-refractivity contribution in [2.75, 3.05) is 0 Å². The molecule has 0 aliphatic carbocycles. The van der Waals surface area contributed by atoms with E-state index >= 15 is 0 Å². The summed E-state index contributed by atoms with van der Waals surface area (Å²) < 4.78 is 7.48. The highest BCUT2D eigenvalue weighted by Crippen LogP contribution is 2.28. The summed E-state index contributed by atoms with van der Waals surface area (Å²) in [6.45, 7) is 3.77. The van der Waals surface area contributed by atoms with E-state index < -0.39 is 0 Å². The average Bonchev–Trinajstić information content (AvgIpc) is 2.56. The van der Waals surface area contributed by atoms with Gasteiger partial charge < -0.3 is 10.5 Å². The van der Waals surface area contributed by atoms with Crippen LogP contribution in [0.1, 0.15) is 17.0 Å². The second kappa shape index (κ2) is 4.48. The lowest BCUT2D eigenvalue weighted by Gasteiger charge is -2.08. The van der Waals surface area contributed by atoms with Crippen LogP contribution in [-0.2, 0) is 7.05 Å². The molecule has 0 radical (unpaired) electrons. The molecule has 2 aromatic rings. The molecule has 94 valence electrons. The number of pyridine rings is 1. The molecule has 0 amide bonds. The van der Waals surface area contributed by atoms with Crippen molar-refractivity contribution >= 4 is 5.84 Å². The molecular weight excluding hydrogens is 230 g/mol. The maximum atomic E-state index is 7.49. The molecule has 0 aromatic carbocycles. The summed E-state index contributed by atoms with van der Waals surface area (Å²) in [5.74, 6) is 0.903. The summed E-state index contributed by atoms with van der Waals surface area (Å²) in [4.78, 5) is 4.11. The van der Waals surface area contributed by atoms with Gasteiger partial charge in [-0.25, -0.2) is 4.98 Å². The van der Waals surface area contributed by atoms with Crippen LogP contribution in [0.15, 0.2) is 18.3 Å². The molecule has 2 heterocycles. The Labute approximate surface area is 105 Å². The maximum Gasteiger partial charge on any atom is 0.230 e. The first-order valence-electron chi connectivity index (χ1n) is 5.48. The van der Waals surface area contributed by atoms with Gasteiger partial charge in [-0.2, -0.15) is 5.10 Å². The predicted octanol–water partition coefficient (Wildman–Crippen LogP) is 1.51. The summed E-state index contributed by atoms with van der Waals surface area (Å²) in [6, 6.07) is 3.41. The number of amidine groups is 1. The predicted molar refractivity (Wildman–Crippen MR) is 68.0 cm³/mol. The lowest BCUT2D eigenvalue weighted by atomic mass is 10.2. The van der Waals surface area contributed by atoms with Crippen LogP contribution in [0, 0.1) is 19.3 Å². The number of ether oxygens (including phenoxy) is 1. The van der Waals surface area contributed by atoms with Gasteiger partial charge in [-0.3, -0.25) is 10.1 Å². The standard InChI is InChI=1S/C12H15N5O/c1-7-10(8(2)17(3)16-7)18-12-9(11(13)14)5-4-6-15-12/h4-6H,1-3H3,(H3,13,14). The first kappa shape index (κ1) is 12.1. The van der Waals surface area contributed by atoms with E-state index in [4.69, 9.17) is 15.9 Å². The Balaban J connectivity index is 2.43. The molecule has 0 aliphatic heterocycles. The normalized spacial score (nSPS) is 10.4. The molecule has 0 saturated carbocycles. The van der Waals surface area contributed by atoms with Crippen LogP contribution in [0.25, 0.3) is 0 Å². The van der Waals surface area contributed by atoms with Crippen molar-refractivity contribution in [1.29, 1.82) is 5.41 Å². The average molecular weight is 245 g/mol. The van der Waals surface area contributed by atoms with Crippen molar-refractivity contribution in [2.45, 2.75) is 13.8 Å². The summed E-state index contributed by atoms with van der Waals surface area (Å²) in [6.07, 6.45) is 1.60. The Kier molecular flexibility index (Phi) is 3.01. The molecule has 2 rings (SSSR count). The third-order valence-corrected chi connectivity index (χ3v) is 2.70. The monoisotopic (exact) mass is 245 g/mol. The zero-order chi connectivity index (χ0) is 13.3. The lowest BCUT2D eigenvalue weighted by Crippen LogP contribution is -2.13. The maximum absolute atomic E-state index is 7.49. The fourth-order valence-corrected chi connectivity index (χ4v) is 1.68. The minimum absolute atomic E-state index is 0.0719. The molecule has 0 spiro atoms. The van der Waals surface area contributed by atoms with Gasteiger partial charge in [-0.1, -0.05) is 0 Å². The van der Waals surface area contributed by atoms with Gasteiger partial charge in [-0.05, 0) is 26.0 Å². The molecule has 6 nitrogen and oxygen atoms in total. The molecule has 0 atom stereocenters. The Morgan fingerprint density at radius 3 is 2.72 bits per heavy atom. The first-order chi connectivity index (χ1) is 8.50. The first-order valence-corrected chi connectivity index (χ1v) is 5.48. The second-order valence-corrected chi connectivity index (χ2v) is 4.00. The number of nitrogens with two attached hydrogens (primary N) is 1. The molecule has 0 bridgehead atoms. The van der Waals surface area contributed by atoms with Crippen LogP contribution in [0.3, 0.4) is 0 Å². The highest BCUT2D eigenvalue weighted by molar-refractivity contribution is 5.97. The van der Waals surface area contributed by atoms with Gasteiger partial charge in [0.1, 0.15) is 11.5 Å². The quantitative estimate of drug-likeness (QED) is 0.633. The fourth-order valence-electron chi connectivity index (χ4n) is 1.68. The zero-order valence-electron chi connectivity index (χ0n) is 10.6. The number of nitrogens with zero attached hydrogens (tertiary/aromatic N) is 3. The Morgan fingerprint density at radius 2 is 2.17 bits per heavy atom. The second-order valence-electron chi connectivity index (χ2n) is 4.00. The third kappa shape index (κ3) is 2.04. The van der Waals surface area contributed by atoms with Crippen molar-refractivity contribution in [3.8, 4) is 11.6 Å². The lowest BCUT2D eigenvalue weighted by molar-refractivity contribution is 0.454. The van der Waals surface area contributed by atoms with Crippen LogP contribution in [0.5, 0.6) is 11.6 Å². The minimum Gasteiger partial charge on any atom is -0.434 e. The number of aryl methyl sites for hydroxylation is 2. The summed E-state index contributed by atoms with van der Waals surface area (Å²) in [5.41, 5.74) is 7.63. The van der Waals surface area contributed by atoms with Crippen molar-refractivity contribution in [3.05, 3.63) is 35.3 Å². The minimum atomic E-state index is -0.0719. The van der Waals surface area contributed by atoms with Crippen molar-refractivity contribution in [3.63, 3.8) is 0 Å². The summed E-state index contributed by atoms with van der Waals surface area (Å²) >= 11 is 0. The van der Waals surface area contributed by atoms with Crippen molar-refractivity contribution < 1.29 is 4.74 Å². The number of aromatic nitrogens is 3. The summed E-state index contributed by atoms with van der Waals surface area (Å²) in [7, 11) is 1.85. The Bertz CT molecular complexity index is 603. The molecular formula is C12H15N5O. The van der Waals surface area contributed by atoms with E-state index in [1.165, 1.54) is 0 Å². The van der Waals surface area contributed by atoms with Gasteiger partial charge in [0.15, 0.2) is 5.75 Å². The molecule has 0 saturated heterocycles. The van der Waals surface area contributed by atoms with Gasteiger partial charge >= 0.3 is 0 Å². The van der Waals surface area contributed by atoms with Gasteiger partial charge in [0.25, 0.3) is 0 Å². The van der Waals surface area contributed by atoms with E-state index in [9.17, 15) is 0 Å². The van der Waals surface area contributed by atoms with Crippen LogP contribution in [0.4, 0.5) is 0 Å². The van der Waals surface area contributed by atoms with Gasteiger partial charge in [0, 0.05) is 13.2 Å². The number of hydrogen-bond acceptors (Lipinski definition) is 4. The zero-order valence-corrected chi connectivity index (χ0v) is 10.6. The number of rotatable bonds is 3. The molecule has 0 unspecified atom stereocenters. The van der Waals surface area contributed by atoms with Gasteiger partial charge in [-0.15, -0.1) is 0 Å². The van der Waals surface area contributed by atoms with Gasteiger partial charge in [0.2, 0.25) is 5.88 Å². The van der Waals surface area contributed by atoms with Crippen LogP contribution in [0.2, 0.25) is 0 Å². The van der Waals surface area contributed by atoms with Crippen LogP contribution in [-0.4, -0.2) is 20.6 Å². The van der Waals surface area contributed by atoms with E-state index in [2.05, 4.69) is 10.1 Å². The highest BCUT2D eigenvalue weighted by Gasteiger charge is 2.15. The molecule has 0 fully saturated rings. The number of nitrogens with one attached hydrogen (secondary N) is 1. The Hall–Kier alpha value is -2.37. The smallest absolute Gasteiger partial charge is 0.230 e. The summed E-state index contributed by atoms with van der Waals surface area (Å²) in [5, 5.41) is 11.8. The van der Waals surface area contributed by atoms with E-state index in [1.54, 1.807) is 23.0 Å². The van der Waals surface area contributed by atoms with Gasteiger partial charge in [0.05, 0.1) is 11.3 Å². The molecule has 0 aliphatic rings. The largest absolute Gasteiger partial charge is 0.434 e. The molecule has 6 heteroatoms. The van der Waals surface area contributed by atoms with Crippen LogP contribution < -0.4 is 10.5 Å². The topological polar surface area (TPSA) is 89.8 Å². The van der Waals surface area contributed by atoms with E-state index in [0.717, 1.165) is 11.4 Å². The molecule has 2 aromatic heterocycles. The van der Waals surface area contributed by atoms with E-state index in [-0.39, 0.29) is 5.84 Å². The number of nitrogen functional groups attached to an aromatic ring is 1. The molecule has 3 N–H and O–H groups in total. The fraction of sp³-hybridized carbons (Fsp3) is 0.250. The van der Waals surface area contributed by atoms with Crippen molar-refractivity contribution in [2.24, 2.45) is 12.8 Å². The third-order valence-electron chi connectivity index (χ3n) is 2.70. The highest BCUT2D eigenvalue weighted by atomic mass is 16.5. The number of hydrogen-bond donors (Lipinski definition) is 2. The SMILES string of the molecule is Cc1nn(C)c(C)c1Oc1ncccc1C(=N)N. The van der Waals surface area contributed by atoms with E-state index in [0.29, 0.717) is 17.2 Å². The van der Waals surface area contributed by atoms with Crippen molar-refractivity contribution in [1.82, 2.24) is 14.8 Å². The Morgan fingerprint density at radius 1 is 1.44 bits per heavy atom. The molecule has 18 heavy (non-hydrogen) atoms.